The Morgan fingerprint density at radius 1 is 0.792 bits per heavy atom. The van der Waals surface area contributed by atoms with E-state index in [-0.39, 0.29) is 5.91 Å². The lowest BCUT2D eigenvalue weighted by atomic mass is 10.1. The Morgan fingerprint density at radius 2 is 1.42 bits per heavy atom. The Balaban J connectivity index is 1.76. The van der Waals surface area contributed by atoms with Crippen LogP contribution >= 0.6 is 0 Å². The largest absolute Gasteiger partial charge is 0.355 e. The monoisotopic (exact) mass is 316 g/mol. The molecule has 0 aliphatic heterocycles. The highest BCUT2D eigenvalue weighted by atomic mass is 16.1. The molecule has 0 fully saturated rings. The van der Waals surface area contributed by atoms with Gasteiger partial charge in [0.1, 0.15) is 0 Å². The molecule has 3 nitrogen and oxygen atoms in total. The van der Waals surface area contributed by atoms with E-state index >= 15 is 0 Å². The first-order valence-electron chi connectivity index (χ1n) is 7.98. The first-order valence-corrected chi connectivity index (χ1v) is 7.98. The molecule has 0 heterocycles. The van der Waals surface area contributed by atoms with Gasteiger partial charge in [-0.15, -0.1) is 0 Å². The highest BCUT2D eigenvalue weighted by Crippen LogP contribution is 2.23. The minimum atomic E-state index is -0.0875. The summed E-state index contributed by atoms with van der Waals surface area (Å²) in [5.74, 6) is -0.0875. The predicted molar refractivity (Wildman–Crippen MR) is 98.5 cm³/mol. The molecule has 1 amide bonds. The van der Waals surface area contributed by atoms with Crippen molar-refractivity contribution in [2.75, 3.05) is 5.32 Å². The van der Waals surface area contributed by atoms with Gasteiger partial charge in [0, 0.05) is 12.2 Å². The summed E-state index contributed by atoms with van der Waals surface area (Å²) in [4.78, 5) is 12.6. The normalized spacial score (nSPS) is 10.2. The third-order valence-corrected chi connectivity index (χ3v) is 3.88. The molecule has 24 heavy (non-hydrogen) atoms. The van der Waals surface area contributed by atoms with Gasteiger partial charge >= 0.3 is 0 Å². The van der Waals surface area contributed by atoms with Crippen LogP contribution in [0.15, 0.2) is 78.9 Å². The molecule has 3 heteroatoms. The van der Waals surface area contributed by atoms with E-state index in [2.05, 4.69) is 10.6 Å². The van der Waals surface area contributed by atoms with E-state index in [0.29, 0.717) is 12.1 Å². The van der Waals surface area contributed by atoms with Gasteiger partial charge in [-0.25, -0.2) is 0 Å². The van der Waals surface area contributed by atoms with E-state index < -0.39 is 0 Å². The fraction of sp³-hybridized carbons (Fsp3) is 0.0952. The minimum Gasteiger partial charge on any atom is -0.355 e. The summed E-state index contributed by atoms with van der Waals surface area (Å²) in [5.41, 5.74) is 4.65. The average Bonchev–Trinajstić information content (AvgIpc) is 2.63. The number of anilines is 2. The Kier molecular flexibility index (Phi) is 4.92. The van der Waals surface area contributed by atoms with Crippen LogP contribution in [0, 0.1) is 6.92 Å². The molecule has 0 atom stereocenters. The highest BCUT2D eigenvalue weighted by molar-refractivity contribution is 6.00. The molecule has 2 N–H and O–H groups in total. The third kappa shape index (κ3) is 3.82. The van der Waals surface area contributed by atoms with Gasteiger partial charge in [0.25, 0.3) is 5.91 Å². The summed E-state index contributed by atoms with van der Waals surface area (Å²) < 4.78 is 0. The molecular formula is C21H20N2O. The van der Waals surface area contributed by atoms with Crippen LogP contribution in [-0.4, -0.2) is 5.91 Å². The van der Waals surface area contributed by atoms with Gasteiger partial charge in [0.2, 0.25) is 0 Å². The van der Waals surface area contributed by atoms with Crippen LogP contribution in [-0.2, 0) is 6.54 Å². The first-order chi connectivity index (χ1) is 11.7. The highest BCUT2D eigenvalue weighted by Gasteiger charge is 2.11. The van der Waals surface area contributed by atoms with Gasteiger partial charge in [-0.1, -0.05) is 60.7 Å². The van der Waals surface area contributed by atoms with E-state index in [4.69, 9.17) is 0 Å². The molecule has 0 saturated carbocycles. The molecule has 0 saturated heterocycles. The molecule has 0 unspecified atom stereocenters. The Morgan fingerprint density at radius 3 is 2.17 bits per heavy atom. The van der Waals surface area contributed by atoms with Gasteiger partial charge in [-0.2, -0.15) is 0 Å². The number of rotatable bonds is 5. The Labute approximate surface area is 142 Å². The molecule has 0 aromatic heterocycles. The summed E-state index contributed by atoms with van der Waals surface area (Å²) in [7, 11) is 0. The Hall–Kier alpha value is -3.07. The molecule has 3 rings (SSSR count). The van der Waals surface area contributed by atoms with E-state index in [1.807, 2.05) is 85.8 Å². The fourth-order valence-electron chi connectivity index (χ4n) is 2.52. The quantitative estimate of drug-likeness (QED) is 0.718. The zero-order valence-corrected chi connectivity index (χ0v) is 13.6. The van der Waals surface area contributed by atoms with E-state index in [0.717, 1.165) is 22.5 Å². The SMILES string of the molecule is Cc1ccccc1Nc1ccccc1C(=O)NCc1ccccc1. The topological polar surface area (TPSA) is 41.1 Å². The number of amides is 1. The number of benzene rings is 3. The molecule has 0 radical (unpaired) electrons. The van der Waals surface area contributed by atoms with Crippen LogP contribution in [0.4, 0.5) is 11.4 Å². The zero-order valence-electron chi connectivity index (χ0n) is 13.6. The second kappa shape index (κ2) is 7.47. The number of hydrogen-bond donors (Lipinski definition) is 2. The van der Waals surface area contributed by atoms with Gasteiger partial charge in [0.05, 0.1) is 11.3 Å². The van der Waals surface area contributed by atoms with Crippen molar-refractivity contribution in [3.05, 3.63) is 95.6 Å². The lowest BCUT2D eigenvalue weighted by Crippen LogP contribution is -2.23. The van der Waals surface area contributed by atoms with Crippen molar-refractivity contribution >= 4 is 17.3 Å². The molecule has 0 aliphatic carbocycles. The molecule has 0 spiro atoms. The molecule has 0 bridgehead atoms. The fourth-order valence-corrected chi connectivity index (χ4v) is 2.52. The number of para-hydroxylation sites is 2. The van der Waals surface area contributed by atoms with Crippen molar-refractivity contribution in [2.45, 2.75) is 13.5 Å². The van der Waals surface area contributed by atoms with E-state index in [1.165, 1.54) is 0 Å². The van der Waals surface area contributed by atoms with Crippen molar-refractivity contribution < 1.29 is 4.79 Å². The van der Waals surface area contributed by atoms with Gasteiger partial charge < -0.3 is 10.6 Å². The number of carbonyl (C=O) groups excluding carboxylic acids is 1. The van der Waals surface area contributed by atoms with Gasteiger partial charge in [-0.05, 0) is 36.2 Å². The predicted octanol–water partition coefficient (Wildman–Crippen LogP) is 4.67. The molecule has 0 aliphatic rings. The summed E-state index contributed by atoms with van der Waals surface area (Å²) >= 11 is 0. The van der Waals surface area contributed by atoms with E-state index in [9.17, 15) is 4.79 Å². The van der Waals surface area contributed by atoms with Gasteiger partial charge in [0.15, 0.2) is 0 Å². The molecule has 3 aromatic rings. The summed E-state index contributed by atoms with van der Waals surface area (Å²) in [6, 6.07) is 25.5. The van der Waals surface area contributed by atoms with Crippen molar-refractivity contribution in [3.63, 3.8) is 0 Å². The number of nitrogens with one attached hydrogen (secondary N) is 2. The van der Waals surface area contributed by atoms with Crippen LogP contribution in [0.1, 0.15) is 21.5 Å². The van der Waals surface area contributed by atoms with Gasteiger partial charge in [-0.3, -0.25) is 4.79 Å². The standard InChI is InChI=1S/C21H20N2O/c1-16-9-5-7-13-19(16)23-20-14-8-6-12-18(20)21(24)22-15-17-10-3-2-4-11-17/h2-14,23H,15H2,1H3,(H,22,24). The molecule has 120 valence electrons. The number of aryl methyl sites for hydroxylation is 1. The lowest BCUT2D eigenvalue weighted by Gasteiger charge is -2.14. The maximum atomic E-state index is 12.6. The summed E-state index contributed by atoms with van der Waals surface area (Å²) in [6.07, 6.45) is 0. The zero-order chi connectivity index (χ0) is 16.8. The molecular weight excluding hydrogens is 296 g/mol. The summed E-state index contributed by atoms with van der Waals surface area (Å²) in [6.45, 7) is 2.55. The maximum Gasteiger partial charge on any atom is 0.253 e. The van der Waals surface area contributed by atoms with Crippen LogP contribution in [0.25, 0.3) is 0 Å². The molecule has 3 aromatic carbocycles. The van der Waals surface area contributed by atoms with E-state index in [1.54, 1.807) is 0 Å². The van der Waals surface area contributed by atoms with Crippen molar-refractivity contribution in [1.82, 2.24) is 5.32 Å². The summed E-state index contributed by atoms with van der Waals surface area (Å²) in [5, 5.41) is 6.34. The van der Waals surface area contributed by atoms with Crippen molar-refractivity contribution in [3.8, 4) is 0 Å². The Bertz CT molecular complexity index is 828. The van der Waals surface area contributed by atoms with Crippen LogP contribution < -0.4 is 10.6 Å². The number of hydrogen-bond acceptors (Lipinski definition) is 2. The third-order valence-electron chi connectivity index (χ3n) is 3.88. The minimum absolute atomic E-state index is 0.0875. The number of carbonyl (C=O) groups is 1. The van der Waals surface area contributed by atoms with Crippen molar-refractivity contribution in [2.24, 2.45) is 0 Å². The maximum absolute atomic E-state index is 12.6. The van der Waals surface area contributed by atoms with Crippen LogP contribution in [0.2, 0.25) is 0 Å². The first kappa shape index (κ1) is 15.8. The lowest BCUT2D eigenvalue weighted by molar-refractivity contribution is 0.0952. The second-order valence-corrected chi connectivity index (χ2v) is 5.65. The smallest absolute Gasteiger partial charge is 0.253 e. The van der Waals surface area contributed by atoms with Crippen LogP contribution in [0.5, 0.6) is 0 Å². The second-order valence-electron chi connectivity index (χ2n) is 5.65. The average molecular weight is 316 g/mol. The van der Waals surface area contributed by atoms with Crippen LogP contribution in [0.3, 0.4) is 0 Å². The van der Waals surface area contributed by atoms with Crippen molar-refractivity contribution in [1.29, 1.82) is 0 Å².